The van der Waals surface area contributed by atoms with E-state index in [1.165, 1.54) is 0 Å². The Labute approximate surface area is 98.8 Å². The second-order valence-electron chi connectivity index (χ2n) is 5.98. The van der Waals surface area contributed by atoms with E-state index in [1.807, 2.05) is 27.7 Å². The molecule has 0 aliphatic heterocycles. The van der Waals surface area contributed by atoms with Crippen LogP contribution in [0.4, 0.5) is 0 Å². The van der Waals surface area contributed by atoms with E-state index in [0.717, 1.165) is 25.7 Å². The highest BCUT2D eigenvalue weighted by atomic mass is 16.1. The van der Waals surface area contributed by atoms with E-state index in [9.17, 15) is 9.59 Å². The molecular weight excluding hydrogens is 200 g/mol. The predicted molar refractivity (Wildman–Crippen MR) is 65.2 cm³/mol. The van der Waals surface area contributed by atoms with Crippen LogP contribution in [0.25, 0.3) is 0 Å². The van der Waals surface area contributed by atoms with Gasteiger partial charge in [0.05, 0.1) is 0 Å². The first-order chi connectivity index (χ1) is 7.36. The molecule has 1 aliphatic carbocycles. The van der Waals surface area contributed by atoms with Gasteiger partial charge in [-0.15, -0.1) is 0 Å². The summed E-state index contributed by atoms with van der Waals surface area (Å²) < 4.78 is 0. The fourth-order valence-corrected chi connectivity index (χ4v) is 2.58. The summed E-state index contributed by atoms with van der Waals surface area (Å²) >= 11 is 0. The number of carbonyl (C=O) groups is 2. The Morgan fingerprint density at radius 3 is 1.81 bits per heavy atom. The van der Waals surface area contributed by atoms with E-state index < -0.39 is 0 Å². The zero-order chi connectivity index (χ0) is 12.3. The standard InChI is InChI=1S/C14H24O2/c1-5-12(15)10-6-8-11(9-7-10)13(16)14(2,3)4/h10-11H,5-9H2,1-4H3. The molecule has 1 aliphatic rings. The molecule has 2 nitrogen and oxygen atoms in total. The minimum Gasteiger partial charge on any atom is -0.299 e. The maximum absolute atomic E-state index is 12.1. The van der Waals surface area contributed by atoms with Gasteiger partial charge in [0.1, 0.15) is 11.6 Å². The number of hydrogen-bond donors (Lipinski definition) is 0. The summed E-state index contributed by atoms with van der Waals surface area (Å²) in [6, 6.07) is 0. The molecule has 0 unspecified atom stereocenters. The molecule has 2 heteroatoms. The first-order valence-corrected chi connectivity index (χ1v) is 6.43. The predicted octanol–water partition coefficient (Wildman–Crippen LogP) is 3.39. The van der Waals surface area contributed by atoms with Crippen molar-refractivity contribution in [2.75, 3.05) is 0 Å². The summed E-state index contributed by atoms with van der Waals surface area (Å²) in [5.74, 6) is 1.17. The molecule has 92 valence electrons. The molecule has 0 amide bonds. The van der Waals surface area contributed by atoms with Crippen molar-refractivity contribution in [3.8, 4) is 0 Å². The Hall–Kier alpha value is -0.660. The molecule has 0 aromatic rings. The first-order valence-electron chi connectivity index (χ1n) is 6.43. The quantitative estimate of drug-likeness (QED) is 0.736. The summed E-state index contributed by atoms with van der Waals surface area (Å²) in [6.45, 7) is 7.88. The van der Waals surface area contributed by atoms with Crippen molar-refractivity contribution in [3.05, 3.63) is 0 Å². The SMILES string of the molecule is CCC(=O)C1CCC(C(=O)C(C)(C)C)CC1. The zero-order valence-electron chi connectivity index (χ0n) is 11.0. The Bertz CT molecular complexity index is 265. The average molecular weight is 224 g/mol. The van der Waals surface area contributed by atoms with E-state index in [-0.39, 0.29) is 17.3 Å². The molecule has 16 heavy (non-hydrogen) atoms. The van der Waals surface area contributed by atoms with Crippen LogP contribution in [0.1, 0.15) is 59.8 Å². The van der Waals surface area contributed by atoms with Crippen LogP contribution in [0.15, 0.2) is 0 Å². The summed E-state index contributed by atoms with van der Waals surface area (Å²) in [6.07, 6.45) is 4.29. The molecule has 1 saturated carbocycles. The molecule has 0 aromatic carbocycles. The lowest BCUT2D eigenvalue weighted by Gasteiger charge is -2.30. The molecular formula is C14H24O2. The van der Waals surface area contributed by atoms with Gasteiger partial charge < -0.3 is 0 Å². The Kier molecular flexibility index (Phi) is 4.28. The monoisotopic (exact) mass is 224 g/mol. The van der Waals surface area contributed by atoms with Crippen LogP contribution in [0.2, 0.25) is 0 Å². The third-order valence-corrected chi connectivity index (χ3v) is 3.64. The van der Waals surface area contributed by atoms with Gasteiger partial charge in [0.15, 0.2) is 0 Å². The number of carbonyl (C=O) groups excluding carboxylic acids is 2. The molecule has 1 fully saturated rings. The number of hydrogen-bond acceptors (Lipinski definition) is 2. The highest BCUT2D eigenvalue weighted by Gasteiger charge is 2.33. The Morgan fingerprint density at radius 2 is 1.44 bits per heavy atom. The first kappa shape index (κ1) is 13.4. The van der Waals surface area contributed by atoms with E-state index in [2.05, 4.69) is 0 Å². The van der Waals surface area contributed by atoms with Gasteiger partial charge in [-0.3, -0.25) is 9.59 Å². The summed E-state index contributed by atoms with van der Waals surface area (Å²) in [7, 11) is 0. The van der Waals surface area contributed by atoms with Crippen molar-refractivity contribution < 1.29 is 9.59 Å². The summed E-state index contributed by atoms with van der Waals surface area (Å²) in [5, 5.41) is 0. The van der Waals surface area contributed by atoms with Gasteiger partial charge in [-0.05, 0) is 25.7 Å². The van der Waals surface area contributed by atoms with Gasteiger partial charge in [-0.25, -0.2) is 0 Å². The van der Waals surface area contributed by atoms with Crippen LogP contribution in [-0.2, 0) is 9.59 Å². The lowest BCUT2D eigenvalue weighted by molar-refractivity contribution is -0.133. The van der Waals surface area contributed by atoms with Gasteiger partial charge in [-0.2, -0.15) is 0 Å². The summed E-state index contributed by atoms with van der Waals surface area (Å²) in [4.78, 5) is 23.6. The van der Waals surface area contributed by atoms with Crippen LogP contribution in [0.3, 0.4) is 0 Å². The maximum Gasteiger partial charge on any atom is 0.141 e. The smallest absolute Gasteiger partial charge is 0.141 e. The normalized spacial score (nSPS) is 26.5. The fourth-order valence-electron chi connectivity index (χ4n) is 2.58. The van der Waals surface area contributed by atoms with Gasteiger partial charge >= 0.3 is 0 Å². The van der Waals surface area contributed by atoms with Crippen LogP contribution in [-0.4, -0.2) is 11.6 Å². The number of rotatable bonds is 3. The van der Waals surface area contributed by atoms with E-state index in [1.54, 1.807) is 0 Å². The van der Waals surface area contributed by atoms with Crippen LogP contribution >= 0.6 is 0 Å². The van der Waals surface area contributed by atoms with Crippen molar-refractivity contribution in [1.82, 2.24) is 0 Å². The van der Waals surface area contributed by atoms with Crippen LogP contribution < -0.4 is 0 Å². The molecule has 0 N–H and O–H groups in total. The number of ketones is 2. The topological polar surface area (TPSA) is 34.1 Å². The lowest BCUT2D eigenvalue weighted by atomic mass is 9.72. The second-order valence-corrected chi connectivity index (χ2v) is 5.98. The molecule has 0 aromatic heterocycles. The van der Waals surface area contributed by atoms with Crippen molar-refractivity contribution in [2.45, 2.75) is 59.8 Å². The average Bonchev–Trinajstić information content (AvgIpc) is 2.26. The largest absolute Gasteiger partial charge is 0.299 e. The molecule has 0 radical (unpaired) electrons. The molecule has 0 bridgehead atoms. The third kappa shape index (κ3) is 3.16. The van der Waals surface area contributed by atoms with Crippen LogP contribution in [0.5, 0.6) is 0 Å². The minimum absolute atomic E-state index is 0.195. The molecule has 0 heterocycles. The van der Waals surface area contributed by atoms with Crippen LogP contribution in [0, 0.1) is 17.3 Å². The van der Waals surface area contributed by atoms with Crippen molar-refractivity contribution >= 4 is 11.6 Å². The van der Waals surface area contributed by atoms with Crippen molar-refractivity contribution in [1.29, 1.82) is 0 Å². The minimum atomic E-state index is -0.230. The zero-order valence-corrected chi connectivity index (χ0v) is 11.0. The fraction of sp³-hybridized carbons (Fsp3) is 0.857. The van der Waals surface area contributed by atoms with E-state index in [0.29, 0.717) is 18.0 Å². The van der Waals surface area contributed by atoms with E-state index in [4.69, 9.17) is 0 Å². The molecule has 0 spiro atoms. The van der Waals surface area contributed by atoms with Crippen molar-refractivity contribution in [3.63, 3.8) is 0 Å². The lowest BCUT2D eigenvalue weighted by Crippen LogP contribution is -2.32. The molecule has 0 saturated heterocycles. The molecule has 0 atom stereocenters. The highest BCUT2D eigenvalue weighted by molar-refractivity contribution is 5.86. The van der Waals surface area contributed by atoms with Gasteiger partial charge in [0.25, 0.3) is 0 Å². The Morgan fingerprint density at radius 1 is 1.00 bits per heavy atom. The van der Waals surface area contributed by atoms with Crippen molar-refractivity contribution in [2.24, 2.45) is 17.3 Å². The van der Waals surface area contributed by atoms with E-state index >= 15 is 0 Å². The van der Waals surface area contributed by atoms with Gasteiger partial charge in [0.2, 0.25) is 0 Å². The number of Topliss-reactive ketones (excluding diaryl/α,β-unsaturated/α-hetero) is 2. The maximum atomic E-state index is 12.1. The highest BCUT2D eigenvalue weighted by Crippen LogP contribution is 2.34. The second kappa shape index (κ2) is 5.11. The Balaban J connectivity index is 2.49. The summed E-state index contributed by atoms with van der Waals surface area (Å²) in [5.41, 5.74) is -0.230. The third-order valence-electron chi connectivity index (χ3n) is 3.64. The van der Waals surface area contributed by atoms with Gasteiger partial charge in [-0.1, -0.05) is 27.7 Å². The van der Waals surface area contributed by atoms with Gasteiger partial charge in [0, 0.05) is 23.7 Å². The molecule has 1 rings (SSSR count).